The molecule has 12 nitrogen and oxygen atoms in total. The van der Waals surface area contributed by atoms with Crippen molar-refractivity contribution in [2.45, 2.75) is 65.2 Å². The van der Waals surface area contributed by atoms with E-state index in [9.17, 15) is 0 Å². The standard InChI is InChI=1S/C34H70O12/c1-3-5-7-9-11-35-13-15-37-17-19-39-21-23-41-25-27-43-29-31-45-33-34-46-32-30-44-28-26-42-24-22-40-20-18-38-16-14-36-12-10-8-6-4-2/h3-34H2,1-2H3. The van der Waals surface area contributed by atoms with Crippen LogP contribution in [0.2, 0.25) is 0 Å². The summed E-state index contributed by atoms with van der Waals surface area (Å²) in [4.78, 5) is 0. The smallest absolute Gasteiger partial charge is 0.0701 e. The first-order valence-corrected chi connectivity index (χ1v) is 17.8. The zero-order valence-electron chi connectivity index (χ0n) is 29.5. The van der Waals surface area contributed by atoms with Crippen LogP contribution in [-0.4, -0.2) is 159 Å². The van der Waals surface area contributed by atoms with E-state index in [2.05, 4.69) is 13.8 Å². The van der Waals surface area contributed by atoms with Gasteiger partial charge in [-0.2, -0.15) is 0 Å². The van der Waals surface area contributed by atoms with Crippen LogP contribution >= 0.6 is 0 Å². The molecule has 12 heteroatoms. The van der Waals surface area contributed by atoms with Crippen molar-refractivity contribution in [3.63, 3.8) is 0 Å². The van der Waals surface area contributed by atoms with Crippen molar-refractivity contribution >= 4 is 0 Å². The average Bonchev–Trinajstić information content (AvgIpc) is 3.07. The number of hydrogen-bond acceptors (Lipinski definition) is 12. The molecule has 278 valence electrons. The van der Waals surface area contributed by atoms with Crippen LogP contribution in [0.25, 0.3) is 0 Å². The van der Waals surface area contributed by atoms with Gasteiger partial charge in [0.2, 0.25) is 0 Å². The molecule has 0 aromatic heterocycles. The van der Waals surface area contributed by atoms with Crippen LogP contribution in [0.3, 0.4) is 0 Å². The van der Waals surface area contributed by atoms with E-state index >= 15 is 0 Å². The van der Waals surface area contributed by atoms with Gasteiger partial charge in [-0.25, -0.2) is 0 Å². The lowest BCUT2D eigenvalue weighted by molar-refractivity contribution is -0.0284. The molecule has 0 saturated heterocycles. The van der Waals surface area contributed by atoms with Gasteiger partial charge >= 0.3 is 0 Å². The minimum atomic E-state index is 0.522. The normalized spacial score (nSPS) is 11.6. The van der Waals surface area contributed by atoms with Gasteiger partial charge in [-0.3, -0.25) is 0 Å². The molecule has 0 fully saturated rings. The Kier molecular flexibility index (Phi) is 44.1. The maximum atomic E-state index is 5.53. The number of unbranched alkanes of at least 4 members (excludes halogenated alkanes) is 6. The first-order valence-electron chi connectivity index (χ1n) is 17.8. The first kappa shape index (κ1) is 45.5. The quantitative estimate of drug-likeness (QED) is 0.0861. The third kappa shape index (κ3) is 43.5. The van der Waals surface area contributed by atoms with Crippen LogP contribution in [0.4, 0.5) is 0 Å². The van der Waals surface area contributed by atoms with Crippen LogP contribution in [0, 0.1) is 0 Å². The fourth-order valence-electron chi connectivity index (χ4n) is 3.78. The lowest BCUT2D eigenvalue weighted by atomic mass is 10.2. The first-order chi connectivity index (χ1) is 22.9. The van der Waals surface area contributed by atoms with Gasteiger partial charge < -0.3 is 56.8 Å². The molecular weight excluding hydrogens is 600 g/mol. The number of hydrogen-bond donors (Lipinski definition) is 0. The van der Waals surface area contributed by atoms with Crippen LogP contribution in [0.5, 0.6) is 0 Å². The Hall–Kier alpha value is -0.480. The fourth-order valence-corrected chi connectivity index (χ4v) is 3.78. The molecule has 0 aromatic carbocycles. The number of ether oxygens (including phenoxy) is 12. The topological polar surface area (TPSA) is 111 Å². The van der Waals surface area contributed by atoms with E-state index in [-0.39, 0.29) is 0 Å². The summed E-state index contributed by atoms with van der Waals surface area (Å²) in [6.07, 6.45) is 9.80. The van der Waals surface area contributed by atoms with Crippen LogP contribution in [-0.2, 0) is 56.8 Å². The lowest BCUT2D eigenvalue weighted by Gasteiger charge is -2.09. The number of rotatable bonds is 43. The van der Waals surface area contributed by atoms with E-state index in [1.807, 2.05) is 0 Å². The summed E-state index contributed by atoms with van der Waals surface area (Å²) >= 11 is 0. The van der Waals surface area contributed by atoms with E-state index < -0.39 is 0 Å². The van der Waals surface area contributed by atoms with Gasteiger partial charge in [-0.1, -0.05) is 52.4 Å². The molecule has 0 bridgehead atoms. The van der Waals surface area contributed by atoms with Crippen molar-refractivity contribution in [1.29, 1.82) is 0 Å². The van der Waals surface area contributed by atoms with E-state index in [0.717, 1.165) is 26.1 Å². The minimum Gasteiger partial charge on any atom is -0.379 e. The Morgan fingerprint density at radius 2 is 0.326 bits per heavy atom. The molecule has 0 aromatic rings. The predicted molar refractivity (Wildman–Crippen MR) is 178 cm³/mol. The molecule has 0 N–H and O–H groups in total. The fraction of sp³-hybridized carbons (Fsp3) is 1.00. The third-order valence-electron chi connectivity index (χ3n) is 6.38. The monoisotopic (exact) mass is 670 g/mol. The maximum Gasteiger partial charge on any atom is 0.0701 e. The summed E-state index contributed by atoms with van der Waals surface area (Å²) in [5.74, 6) is 0. The third-order valence-corrected chi connectivity index (χ3v) is 6.38. The van der Waals surface area contributed by atoms with Crippen LogP contribution in [0.15, 0.2) is 0 Å². The van der Waals surface area contributed by atoms with Crippen LogP contribution < -0.4 is 0 Å². The van der Waals surface area contributed by atoms with Gasteiger partial charge in [0.25, 0.3) is 0 Å². The molecule has 0 amide bonds. The highest BCUT2D eigenvalue weighted by atomic mass is 16.6. The molecular formula is C34H70O12. The van der Waals surface area contributed by atoms with Gasteiger partial charge in [-0.05, 0) is 12.8 Å². The Labute approximate surface area is 280 Å². The Balaban J connectivity index is 3.03. The van der Waals surface area contributed by atoms with E-state index in [1.165, 1.54) is 38.5 Å². The van der Waals surface area contributed by atoms with Gasteiger partial charge in [-0.15, -0.1) is 0 Å². The second kappa shape index (κ2) is 44.5. The van der Waals surface area contributed by atoms with Crippen LogP contribution in [0.1, 0.15) is 65.2 Å². The Morgan fingerprint density at radius 1 is 0.174 bits per heavy atom. The predicted octanol–water partition coefficient (Wildman–Crippen LogP) is 4.35. The van der Waals surface area contributed by atoms with Crippen molar-refractivity contribution < 1.29 is 56.8 Å². The van der Waals surface area contributed by atoms with Gasteiger partial charge in [0, 0.05) is 13.2 Å². The summed E-state index contributed by atoms with van der Waals surface area (Å²) in [5.41, 5.74) is 0. The van der Waals surface area contributed by atoms with Gasteiger partial charge in [0.05, 0.1) is 145 Å². The van der Waals surface area contributed by atoms with Crippen molar-refractivity contribution in [3.8, 4) is 0 Å². The van der Waals surface area contributed by atoms with Crippen molar-refractivity contribution in [2.75, 3.05) is 159 Å². The summed E-state index contributed by atoms with van der Waals surface area (Å²) in [7, 11) is 0. The molecule has 46 heavy (non-hydrogen) atoms. The van der Waals surface area contributed by atoms with Gasteiger partial charge in [0.15, 0.2) is 0 Å². The summed E-state index contributed by atoms with van der Waals surface area (Å²) in [5, 5.41) is 0. The molecule has 0 unspecified atom stereocenters. The Bertz CT molecular complexity index is 475. The second-order valence-corrected chi connectivity index (χ2v) is 10.5. The minimum absolute atomic E-state index is 0.522. The SMILES string of the molecule is CCCCCCOCCOCCOCCOCCOCCOCCOCCOCCOCCOCCOCCOCCCCCC. The molecule has 0 aliphatic heterocycles. The highest BCUT2D eigenvalue weighted by Gasteiger charge is 1.97. The highest BCUT2D eigenvalue weighted by Crippen LogP contribution is 1.99. The highest BCUT2D eigenvalue weighted by molar-refractivity contribution is 4.42. The zero-order chi connectivity index (χ0) is 33.1. The second-order valence-electron chi connectivity index (χ2n) is 10.5. The molecule has 0 radical (unpaired) electrons. The summed E-state index contributed by atoms with van der Waals surface area (Å²) in [6, 6.07) is 0. The summed E-state index contributed by atoms with van der Waals surface area (Å²) in [6.45, 7) is 18.3. The van der Waals surface area contributed by atoms with E-state index in [0.29, 0.717) is 145 Å². The molecule has 0 atom stereocenters. The Morgan fingerprint density at radius 3 is 0.478 bits per heavy atom. The van der Waals surface area contributed by atoms with Crippen molar-refractivity contribution in [1.82, 2.24) is 0 Å². The molecule has 0 aliphatic rings. The van der Waals surface area contributed by atoms with Crippen molar-refractivity contribution in [3.05, 3.63) is 0 Å². The summed E-state index contributed by atoms with van der Waals surface area (Å²) < 4.78 is 65.9. The van der Waals surface area contributed by atoms with Gasteiger partial charge in [0.1, 0.15) is 0 Å². The molecule has 0 saturated carbocycles. The molecule has 0 rings (SSSR count). The molecule has 0 heterocycles. The zero-order valence-corrected chi connectivity index (χ0v) is 29.5. The maximum absolute atomic E-state index is 5.53. The molecule has 0 aliphatic carbocycles. The molecule has 0 spiro atoms. The lowest BCUT2D eigenvalue weighted by Crippen LogP contribution is -2.15. The van der Waals surface area contributed by atoms with E-state index in [4.69, 9.17) is 56.8 Å². The average molecular weight is 671 g/mol. The largest absolute Gasteiger partial charge is 0.379 e. The van der Waals surface area contributed by atoms with Crippen molar-refractivity contribution in [2.24, 2.45) is 0 Å². The van der Waals surface area contributed by atoms with E-state index in [1.54, 1.807) is 0 Å².